The molecule has 2 heterocycles. The van der Waals surface area contributed by atoms with E-state index in [1.54, 1.807) is 14.2 Å². The van der Waals surface area contributed by atoms with Crippen LogP contribution >= 0.6 is 0 Å². The Balaban J connectivity index is 1.58. The molecule has 1 fully saturated rings. The molecule has 1 saturated heterocycles. The summed E-state index contributed by atoms with van der Waals surface area (Å²) in [5.74, 6) is 3.08. The van der Waals surface area contributed by atoms with Crippen LogP contribution in [0.1, 0.15) is 17.9 Å². The van der Waals surface area contributed by atoms with Crippen LogP contribution in [-0.4, -0.2) is 37.3 Å². The number of aromatic nitrogens is 2. The van der Waals surface area contributed by atoms with E-state index in [0.29, 0.717) is 5.92 Å². The van der Waals surface area contributed by atoms with Crippen molar-refractivity contribution >= 4 is 17.0 Å². The summed E-state index contributed by atoms with van der Waals surface area (Å²) >= 11 is 0. The second-order valence-electron chi connectivity index (χ2n) is 6.16. The molecule has 24 heavy (non-hydrogen) atoms. The van der Waals surface area contributed by atoms with Crippen LogP contribution in [0.5, 0.6) is 11.5 Å². The number of H-pyrrole nitrogens is 1. The van der Waals surface area contributed by atoms with E-state index in [1.165, 1.54) is 5.56 Å². The maximum absolute atomic E-state index is 5.40. The van der Waals surface area contributed by atoms with Crippen molar-refractivity contribution in [3.63, 3.8) is 0 Å². The second kappa shape index (κ2) is 6.07. The van der Waals surface area contributed by atoms with Crippen molar-refractivity contribution in [2.45, 2.75) is 12.3 Å². The lowest BCUT2D eigenvalue weighted by atomic mass is 9.98. The molecule has 0 amide bonds. The van der Waals surface area contributed by atoms with Gasteiger partial charge >= 0.3 is 0 Å². The van der Waals surface area contributed by atoms with Gasteiger partial charge in [-0.15, -0.1) is 0 Å². The molecule has 5 nitrogen and oxygen atoms in total. The molecule has 3 aromatic rings. The molecule has 1 atom stereocenters. The van der Waals surface area contributed by atoms with Gasteiger partial charge in [-0.2, -0.15) is 0 Å². The summed E-state index contributed by atoms with van der Waals surface area (Å²) in [4.78, 5) is 10.4. The first-order chi connectivity index (χ1) is 11.8. The molecular formula is C19H21N3O2. The first kappa shape index (κ1) is 14.9. The summed E-state index contributed by atoms with van der Waals surface area (Å²) in [6.07, 6.45) is 1.09. The number of para-hydroxylation sites is 2. The minimum Gasteiger partial charge on any atom is -0.497 e. The van der Waals surface area contributed by atoms with Crippen molar-refractivity contribution in [3.05, 3.63) is 48.0 Å². The normalized spacial score (nSPS) is 17.4. The average Bonchev–Trinajstić information content (AvgIpc) is 3.27. The molecule has 1 unspecified atom stereocenters. The van der Waals surface area contributed by atoms with Gasteiger partial charge in [-0.25, -0.2) is 4.98 Å². The largest absolute Gasteiger partial charge is 0.497 e. The van der Waals surface area contributed by atoms with Gasteiger partial charge in [-0.1, -0.05) is 12.1 Å². The van der Waals surface area contributed by atoms with Gasteiger partial charge in [0.1, 0.15) is 11.5 Å². The van der Waals surface area contributed by atoms with Crippen molar-refractivity contribution in [1.82, 2.24) is 9.97 Å². The van der Waals surface area contributed by atoms with Gasteiger partial charge in [0.2, 0.25) is 5.95 Å². The van der Waals surface area contributed by atoms with E-state index in [4.69, 9.17) is 14.5 Å². The molecule has 0 radical (unpaired) electrons. The van der Waals surface area contributed by atoms with Gasteiger partial charge in [0.15, 0.2) is 0 Å². The minimum absolute atomic E-state index is 0.446. The van der Waals surface area contributed by atoms with Crippen molar-refractivity contribution in [1.29, 1.82) is 0 Å². The van der Waals surface area contributed by atoms with E-state index in [-0.39, 0.29) is 0 Å². The number of nitrogens with one attached hydrogen (secondary N) is 1. The van der Waals surface area contributed by atoms with Gasteiger partial charge in [-0.3, -0.25) is 0 Å². The molecule has 0 spiro atoms. The van der Waals surface area contributed by atoms with Gasteiger partial charge in [-0.05, 0) is 36.2 Å². The zero-order valence-corrected chi connectivity index (χ0v) is 14.0. The van der Waals surface area contributed by atoms with Gasteiger partial charge in [0.25, 0.3) is 0 Å². The highest BCUT2D eigenvalue weighted by molar-refractivity contribution is 5.77. The van der Waals surface area contributed by atoms with E-state index < -0.39 is 0 Å². The van der Waals surface area contributed by atoms with Crippen molar-refractivity contribution in [3.8, 4) is 11.5 Å². The number of imidazole rings is 1. The molecule has 5 heteroatoms. The third-order valence-electron chi connectivity index (χ3n) is 4.71. The standard InChI is InChI=1S/C19H21N3O2/c1-23-15-9-14(10-16(11-15)24-2)13-7-8-22(12-13)19-20-17-5-3-4-6-18(17)21-19/h3-6,9-11,13H,7-8,12H2,1-2H3,(H,20,21). The number of ether oxygens (including phenoxy) is 2. The SMILES string of the molecule is COc1cc(OC)cc(C2CCN(c3nc4ccccc4[nH]3)C2)c1. The number of anilines is 1. The second-order valence-corrected chi connectivity index (χ2v) is 6.16. The Bertz CT molecular complexity index is 803. The number of methoxy groups -OCH3 is 2. The van der Waals surface area contributed by atoms with Crippen LogP contribution in [0.3, 0.4) is 0 Å². The molecule has 0 aliphatic carbocycles. The van der Waals surface area contributed by atoms with E-state index in [1.807, 2.05) is 24.3 Å². The lowest BCUT2D eigenvalue weighted by Crippen LogP contribution is -2.20. The molecule has 124 valence electrons. The zero-order chi connectivity index (χ0) is 16.5. The molecule has 0 saturated carbocycles. The fraction of sp³-hybridized carbons (Fsp3) is 0.316. The summed E-state index contributed by atoms with van der Waals surface area (Å²) in [6.45, 7) is 1.93. The highest BCUT2D eigenvalue weighted by Crippen LogP contribution is 2.34. The zero-order valence-electron chi connectivity index (χ0n) is 14.0. The predicted molar refractivity (Wildman–Crippen MR) is 95.2 cm³/mol. The maximum atomic E-state index is 5.40. The third-order valence-corrected chi connectivity index (χ3v) is 4.71. The Morgan fingerprint density at radius 3 is 2.54 bits per heavy atom. The highest BCUT2D eigenvalue weighted by atomic mass is 16.5. The number of fused-ring (bicyclic) bond motifs is 1. The first-order valence-electron chi connectivity index (χ1n) is 8.19. The Kier molecular flexibility index (Phi) is 3.76. The van der Waals surface area contributed by atoms with E-state index in [0.717, 1.165) is 48.0 Å². The smallest absolute Gasteiger partial charge is 0.203 e. The topological polar surface area (TPSA) is 50.4 Å². The number of nitrogens with zero attached hydrogens (tertiary/aromatic N) is 2. The third kappa shape index (κ3) is 2.66. The fourth-order valence-electron chi connectivity index (χ4n) is 3.38. The average molecular weight is 323 g/mol. The Labute approximate surface area is 141 Å². The first-order valence-corrected chi connectivity index (χ1v) is 8.19. The Morgan fingerprint density at radius 2 is 1.83 bits per heavy atom. The number of rotatable bonds is 4. The van der Waals surface area contributed by atoms with Crippen LogP contribution < -0.4 is 14.4 Å². The molecular weight excluding hydrogens is 302 g/mol. The van der Waals surface area contributed by atoms with Gasteiger partial charge in [0.05, 0.1) is 25.3 Å². The van der Waals surface area contributed by atoms with Crippen molar-refractivity contribution in [2.75, 3.05) is 32.2 Å². The summed E-state index contributed by atoms with van der Waals surface area (Å²) in [6, 6.07) is 14.3. The van der Waals surface area contributed by atoms with Crippen LogP contribution in [-0.2, 0) is 0 Å². The molecule has 1 N–H and O–H groups in total. The number of hydrogen-bond donors (Lipinski definition) is 1. The van der Waals surface area contributed by atoms with Crippen LogP contribution in [0, 0.1) is 0 Å². The summed E-state index contributed by atoms with van der Waals surface area (Å²) in [5.41, 5.74) is 3.35. The highest BCUT2D eigenvalue weighted by Gasteiger charge is 2.26. The van der Waals surface area contributed by atoms with Crippen molar-refractivity contribution in [2.24, 2.45) is 0 Å². The summed E-state index contributed by atoms with van der Waals surface area (Å²) in [5, 5.41) is 0. The number of benzene rings is 2. The predicted octanol–water partition coefficient (Wildman–Crippen LogP) is 3.57. The van der Waals surface area contributed by atoms with E-state index >= 15 is 0 Å². The van der Waals surface area contributed by atoms with Gasteiger partial charge in [0, 0.05) is 25.1 Å². The molecule has 1 aliphatic heterocycles. The van der Waals surface area contributed by atoms with Crippen LogP contribution in [0.15, 0.2) is 42.5 Å². The summed E-state index contributed by atoms with van der Waals surface area (Å²) < 4.78 is 10.8. The van der Waals surface area contributed by atoms with E-state index in [2.05, 4.69) is 28.1 Å². The van der Waals surface area contributed by atoms with Gasteiger partial charge < -0.3 is 19.4 Å². The lowest BCUT2D eigenvalue weighted by molar-refractivity contribution is 0.393. The molecule has 2 aromatic carbocycles. The Morgan fingerprint density at radius 1 is 1.08 bits per heavy atom. The van der Waals surface area contributed by atoms with Crippen molar-refractivity contribution < 1.29 is 9.47 Å². The van der Waals surface area contributed by atoms with Crippen LogP contribution in [0.4, 0.5) is 5.95 Å². The fourth-order valence-corrected chi connectivity index (χ4v) is 3.38. The minimum atomic E-state index is 0.446. The van der Waals surface area contributed by atoms with Crippen LogP contribution in [0.25, 0.3) is 11.0 Å². The van der Waals surface area contributed by atoms with E-state index in [9.17, 15) is 0 Å². The molecule has 1 aliphatic rings. The molecule has 0 bridgehead atoms. The number of hydrogen-bond acceptors (Lipinski definition) is 4. The maximum Gasteiger partial charge on any atom is 0.203 e. The number of aromatic amines is 1. The lowest BCUT2D eigenvalue weighted by Gasteiger charge is -2.16. The van der Waals surface area contributed by atoms with Crippen LogP contribution in [0.2, 0.25) is 0 Å². The summed E-state index contributed by atoms with van der Waals surface area (Å²) in [7, 11) is 3.38. The molecule has 4 rings (SSSR count). The molecule has 1 aromatic heterocycles. The quantitative estimate of drug-likeness (QED) is 0.797. The monoisotopic (exact) mass is 323 g/mol. The Hall–Kier alpha value is -2.69.